The van der Waals surface area contributed by atoms with Gasteiger partial charge in [-0.1, -0.05) is 17.7 Å². The molecule has 3 heteroatoms. The summed E-state index contributed by atoms with van der Waals surface area (Å²) in [4.78, 5) is 0. The first-order valence-corrected chi connectivity index (χ1v) is 6.53. The van der Waals surface area contributed by atoms with E-state index in [4.69, 9.17) is 9.15 Å². The Labute approximate surface area is 113 Å². The van der Waals surface area contributed by atoms with Gasteiger partial charge in [-0.15, -0.1) is 0 Å². The van der Waals surface area contributed by atoms with E-state index < -0.39 is 0 Å². The number of rotatable bonds is 6. The van der Waals surface area contributed by atoms with E-state index in [1.807, 2.05) is 31.2 Å². The Hall–Kier alpha value is -1.74. The molecular weight excluding hydrogens is 240 g/mol. The Morgan fingerprint density at radius 2 is 2.16 bits per heavy atom. The first-order valence-electron chi connectivity index (χ1n) is 6.53. The average molecular weight is 260 g/mol. The maximum atomic E-state index is 10.1. The number of benzene rings is 1. The topological polar surface area (TPSA) is 42.6 Å². The normalized spacial score (nSPS) is 12.4. The van der Waals surface area contributed by atoms with Crippen LogP contribution >= 0.6 is 0 Å². The average Bonchev–Trinajstić information content (AvgIpc) is 2.90. The van der Waals surface area contributed by atoms with Gasteiger partial charge < -0.3 is 14.3 Å². The molecular formula is C16H20O3. The van der Waals surface area contributed by atoms with Crippen LogP contribution in [0.15, 0.2) is 41.0 Å². The quantitative estimate of drug-likeness (QED) is 0.867. The van der Waals surface area contributed by atoms with Crippen LogP contribution in [0.4, 0.5) is 0 Å². The van der Waals surface area contributed by atoms with Crippen LogP contribution in [0, 0.1) is 6.92 Å². The van der Waals surface area contributed by atoms with Crippen molar-refractivity contribution < 1.29 is 14.3 Å². The third-order valence-corrected chi connectivity index (χ3v) is 3.20. The maximum absolute atomic E-state index is 10.1. The molecule has 0 aliphatic heterocycles. The number of hydrogen-bond donors (Lipinski definition) is 1. The number of aliphatic hydroxyl groups is 1. The van der Waals surface area contributed by atoms with Gasteiger partial charge in [0.15, 0.2) is 0 Å². The van der Waals surface area contributed by atoms with Crippen LogP contribution in [-0.2, 0) is 12.8 Å². The highest BCUT2D eigenvalue weighted by Gasteiger charge is 2.11. The van der Waals surface area contributed by atoms with E-state index in [9.17, 15) is 5.11 Å². The lowest BCUT2D eigenvalue weighted by molar-refractivity contribution is 0.162. The fraction of sp³-hybridized carbons (Fsp3) is 0.375. The molecule has 0 spiro atoms. The second-order valence-electron chi connectivity index (χ2n) is 4.79. The third kappa shape index (κ3) is 3.86. The highest BCUT2D eigenvalue weighted by atomic mass is 16.5. The number of hydrogen-bond acceptors (Lipinski definition) is 3. The minimum absolute atomic E-state index is 0.388. The second kappa shape index (κ2) is 6.43. The van der Waals surface area contributed by atoms with Crippen LogP contribution in [0.5, 0.6) is 5.75 Å². The molecule has 2 aromatic rings. The summed E-state index contributed by atoms with van der Waals surface area (Å²) in [6.45, 7) is 2.04. The summed E-state index contributed by atoms with van der Waals surface area (Å²) in [5.41, 5.74) is 2.23. The Bertz CT molecular complexity index is 503. The second-order valence-corrected chi connectivity index (χ2v) is 4.79. The fourth-order valence-corrected chi connectivity index (χ4v) is 2.19. The van der Waals surface area contributed by atoms with Gasteiger partial charge >= 0.3 is 0 Å². The van der Waals surface area contributed by atoms with Gasteiger partial charge in [0.25, 0.3) is 0 Å². The van der Waals surface area contributed by atoms with Gasteiger partial charge in [-0.2, -0.15) is 0 Å². The van der Waals surface area contributed by atoms with Gasteiger partial charge in [0, 0.05) is 12.8 Å². The number of methoxy groups -OCH3 is 1. The molecule has 3 nitrogen and oxygen atoms in total. The van der Waals surface area contributed by atoms with Crippen LogP contribution in [-0.4, -0.2) is 18.3 Å². The van der Waals surface area contributed by atoms with Gasteiger partial charge in [0.1, 0.15) is 11.5 Å². The number of ether oxygens (including phenoxy) is 1. The Morgan fingerprint density at radius 3 is 2.84 bits per heavy atom. The molecule has 2 rings (SSSR count). The van der Waals surface area contributed by atoms with Gasteiger partial charge in [0.2, 0.25) is 0 Å². The zero-order chi connectivity index (χ0) is 13.7. The van der Waals surface area contributed by atoms with Gasteiger partial charge in [0.05, 0.1) is 19.5 Å². The lowest BCUT2D eigenvalue weighted by atomic mass is 10.0. The first kappa shape index (κ1) is 13.7. The van der Waals surface area contributed by atoms with Crippen molar-refractivity contribution >= 4 is 0 Å². The monoisotopic (exact) mass is 260 g/mol. The molecule has 1 unspecified atom stereocenters. The Kier molecular flexibility index (Phi) is 4.63. The van der Waals surface area contributed by atoms with Crippen molar-refractivity contribution in [2.75, 3.05) is 7.11 Å². The SMILES string of the molecule is COc1ccc(C)cc1CC(O)CCc1ccco1. The van der Waals surface area contributed by atoms with Crippen molar-refractivity contribution in [2.45, 2.75) is 32.3 Å². The molecule has 1 atom stereocenters. The summed E-state index contributed by atoms with van der Waals surface area (Å²) in [5.74, 6) is 1.75. The lowest BCUT2D eigenvalue weighted by Crippen LogP contribution is -2.12. The first-order chi connectivity index (χ1) is 9.19. The molecule has 102 valence electrons. The molecule has 19 heavy (non-hydrogen) atoms. The molecule has 0 saturated carbocycles. The summed E-state index contributed by atoms with van der Waals surface area (Å²) < 4.78 is 10.6. The molecule has 0 aliphatic carbocycles. The van der Waals surface area contributed by atoms with E-state index >= 15 is 0 Å². The number of aryl methyl sites for hydroxylation is 2. The third-order valence-electron chi connectivity index (χ3n) is 3.20. The molecule has 1 heterocycles. The van der Waals surface area contributed by atoms with Crippen LogP contribution < -0.4 is 4.74 Å². The highest BCUT2D eigenvalue weighted by molar-refractivity contribution is 5.37. The minimum atomic E-state index is -0.388. The molecule has 0 saturated heterocycles. The Balaban J connectivity index is 1.94. The zero-order valence-electron chi connectivity index (χ0n) is 11.4. The molecule has 1 N–H and O–H groups in total. The van der Waals surface area contributed by atoms with Gasteiger partial charge in [-0.25, -0.2) is 0 Å². The van der Waals surface area contributed by atoms with E-state index in [2.05, 4.69) is 6.07 Å². The largest absolute Gasteiger partial charge is 0.496 e. The van der Waals surface area contributed by atoms with Crippen LogP contribution in [0.1, 0.15) is 23.3 Å². The van der Waals surface area contributed by atoms with Gasteiger partial charge in [-0.05, 0) is 37.1 Å². The molecule has 0 fully saturated rings. The Morgan fingerprint density at radius 1 is 1.32 bits per heavy atom. The number of furan rings is 1. The zero-order valence-corrected chi connectivity index (χ0v) is 11.4. The molecule has 1 aromatic heterocycles. The number of aliphatic hydroxyl groups excluding tert-OH is 1. The molecule has 0 aliphatic rings. The van der Waals surface area contributed by atoms with Crippen LogP contribution in [0.3, 0.4) is 0 Å². The van der Waals surface area contributed by atoms with Crippen molar-refractivity contribution in [3.63, 3.8) is 0 Å². The summed E-state index contributed by atoms with van der Waals surface area (Å²) >= 11 is 0. The minimum Gasteiger partial charge on any atom is -0.496 e. The molecule has 0 radical (unpaired) electrons. The molecule has 0 amide bonds. The highest BCUT2D eigenvalue weighted by Crippen LogP contribution is 2.22. The van der Waals surface area contributed by atoms with E-state index in [1.54, 1.807) is 13.4 Å². The van der Waals surface area contributed by atoms with Crippen molar-refractivity contribution in [3.05, 3.63) is 53.5 Å². The van der Waals surface area contributed by atoms with Crippen LogP contribution in [0.2, 0.25) is 0 Å². The standard InChI is InChI=1S/C16H20O3/c1-12-5-8-16(18-2)13(10-12)11-14(17)6-7-15-4-3-9-19-15/h3-5,8-10,14,17H,6-7,11H2,1-2H3. The lowest BCUT2D eigenvalue weighted by Gasteiger charge is -2.13. The van der Waals surface area contributed by atoms with E-state index in [1.165, 1.54) is 5.56 Å². The van der Waals surface area contributed by atoms with E-state index in [-0.39, 0.29) is 6.10 Å². The van der Waals surface area contributed by atoms with Crippen molar-refractivity contribution in [3.8, 4) is 5.75 Å². The smallest absolute Gasteiger partial charge is 0.122 e. The summed E-state index contributed by atoms with van der Waals surface area (Å²) in [6, 6.07) is 9.82. The van der Waals surface area contributed by atoms with Crippen molar-refractivity contribution in [1.29, 1.82) is 0 Å². The summed E-state index contributed by atoms with van der Waals surface area (Å²) in [7, 11) is 1.66. The van der Waals surface area contributed by atoms with Crippen LogP contribution in [0.25, 0.3) is 0 Å². The molecule has 1 aromatic carbocycles. The van der Waals surface area contributed by atoms with Crippen molar-refractivity contribution in [1.82, 2.24) is 0 Å². The molecule has 0 bridgehead atoms. The van der Waals surface area contributed by atoms with E-state index in [0.29, 0.717) is 12.8 Å². The maximum Gasteiger partial charge on any atom is 0.122 e. The predicted molar refractivity (Wildman–Crippen MR) is 74.5 cm³/mol. The summed E-state index contributed by atoms with van der Waals surface area (Å²) in [6.07, 6.45) is 3.31. The summed E-state index contributed by atoms with van der Waals surface area (Å²) in [5, 5.41) is 10.1. The fourth-order valence-electron chi connectivity index (χ4n) is 2.19. The van der Waals surface area contributed by atoms with Gasteiger partial charge in [-0.3, -0.25) is 0 Å². The van der Waals surface area contributed by atoms with Crippen molar-refractivity contribution in [2.24, 2.45) is 0 Å². The van der Waals surface area contributed by atoms with E-state index in [0.717, 1.165) is 23.5 Å². The predicted octanol–water partition coefficient (Wildman–Crippen LogP) is 3.13.